The van der Waals surface area contributed by atoms with Crippen LogP contribution in [0, 0.1) is 4.77 Å². The highest BCUT2D eigenvalue weighted by atomic mass is 32.1. The maximum atomic E-state index is 12.3. The highest BCUT2D eigenvalue weighted by Crippen LogP contribution is 2.25. The molecule has 0 bridgehead atoms. The summed E-state index contributed by atoms with van der Waals surface area (Å²) in [5.41, 5.74) is 0.880. The van der Waals surface area contributed by atoms with Gasteiger partial charge in [0.25, 0.3) is 0 Å². The van der Waals surface area contributed by atoms with Crippen molar-refractivity contribution in [3.63, 3.8) is 0 Å². The topological polar surface area (TPSA) is 81.2 Å². The van der Waals surface area contributed by atoms with E-state index in [1.165, 1.54) is 0 Å². The number of H-pyrrole nitrogens is 1. The summed E-state index contributed by atoms with van der Waals surface area (Å²) in [5, 5.41) is 12.0. The standard InChI is InChI=1S/C18H20N4O3S2/c1-24-13-6-5-12(14(10-13)25-2)11-19-16(23)7-8-22-17(20-21-18(22)26)15-4-3-9-27-15/h3-6,9-10H,7-8,11H2,1-2H3,(H,19,23)(H,21,26). The van der Waals surface area contributed by atoms with E-state index in [1.807, 2.05) is 34.2 Å². The Morgan fingerprint density at radius 2 is 2.19 bits per heavy atom. The highest BCUT2D eigenvalue weighted by Gasteiger charge is 2.12. The lowest BCUT2D eigenvalue weighted by Crippen LogP contribution is -2.24. The van der Waals surface area contributed by atoms with Crippen molar-refractivity contribution >= 4 is 29.5 Å². The monoisotopic (exact) mass is 404 g/mol. The van der Waals surface area contributed by atoms with E-state index in [1.54, 1.807) is 31.6 Å². The molecule has 0 aliphatic carbocycles. The van der Waals surface area contributed by atoms with E-state index in [2.05, 4.69) is 15.5 Å². The van der Waals surface area contributed by atoms with Gasteiger partial charge in [0, 0.05) is 31.1 Å². The molecule has 3 rings (SSSR count). The molecule has 142 valence electrons. The molecule has 0 saturated carbocycles. The number of nitrogens with zero attached hydrogens (tertiary/aromatic N) is 2. The van der Waals surface area contributed by atoms with Gasteiger partial charge in [0.15, 0.2) is 10.6 Å². The molecule has 7 nitrogen and oxygen atoms in total. The first-order valence-corrected chi connectivity index (χ1v) is 9.58. The van der Waals surface area contributed by atoms with Crippen LogP contribution < -0.4 is 14.8 Å². The molecular weight excluding hydrogens is 384 g/mol. The molecule has 2 N–H and O–H groups in total. The van der Waals surface area contributed by atoms with Gasteiger partial charge in [-0.3, -0.25) is 14.5 Å². The summed E-state index contributed by atoms with van der Waals surface area (Å²) in [4.78, 5) is 13.3. The van der Waals surface area contributed by atoms with Gasteiger partial charge in [-0.15, -0.1) is 11.3 Å². The van der Waals surface area contributed by atoms with Gasteiger partial charge in [0.05, 0.1) is 19.1 Å². The fourth-order valence-electron chi connectivity index (χ4n) is 2.61. The van der Waals surface area contributed by atoms with Gasteiger partial charge >= 0.3 is 0 Å². The van der Waals surface area contributed by atoms with E-state index < -0.39 is 0 Å². The summed E-state index contributed by atoms with van der Waals surface area (Å²) in [5.74, 6) is 2.05. The summed E-state index contributed by atoms with van der Waals surface area (Å²) >= 11 is 6.86. The van der Waals surface area contributed by atoms with Gasteiger partial charge in [0.2, 0.25) is 5.91 Å². The SMILES string of the molecule is COc1ccc(CNC(=O)CCn2c(-c3cccs3)n[nH]c2=S)c(OC)c1. The molecule has 27 heavy (non-hydrogen) atoms. The van der Waals surface area contributed by atoms with Gasteiger partial charge in [-0.25, -0.2) is 0 Å². The van der Waals surface area contributed by atoms with Gasteiger partial charge in [0.1, 0.15) is 11.5 Å². The maximum absolute atomic E-state index is 12.3. The van der Waals surface area contributed by atoms with E-state index in [-0.39, 0.29) is 5.91 Å². The summed E-state index contributed by atoms with van der Waals surface area (Å²) in [6.45, 7) is 0.828. The zero-order valence-electron chi connectivity index (χ0n) is 15.0. The second kappa shape index (κ2) is 8.83. The Morgan fingerprint density at radius 1 is 1.33 bits per heavy atom. The number of methoxy groups -OCH3 is 2. The fraction of sp³-hybridized carbons (Fsp3) is 0.278. The molecule has 2 heterocycles. The summed E-state index contributed by atoms with van der Waals surface area (Å²) < 4.78 is 12.9. The molecule has 0 aliphatic rings. The summed E-state index contributed by atoms with van der Waals surface area (Å²) in [7, 11) is 3.19. The number of carbonyl (C=O) groups excluding carboxylic acids is 1. The van der Waals surface area contributed by atoms with Crippen LogP contribution in [0.2, 0.25) is 0 Å². The Bertz CT molecular complexity index is 963. The van der Waals surface area contributed by atoms with Crippen molar-refractivity contribution in [3.8, 4) is 22.2 Å². The largest absolute Gasteiger partial charge is 0.497 e. The van der Waals surface area contributed by atoms with Crippen LogP contribution in [0.25, 0.3) is 10.7 Å². The Labute approximate surface area is 165 Å². The molecule has 9 heteroatoms. The van der Waals surface area contributed by atoms with E-state index in [9.17, 15) is 4.79 Å². The van der Waals surface area contributed by atoms with Crippen LogP contribution in [0.1, 0.15) is 12.0 Å². The number of hydrogen-bond acceptors (Lipinski definition) is 6. The van der Waals surface area contributed by atoms with E-state index in [0.717, 1.165) is 16.3 Å². The number of thiophene rings is 1. The molecular formula is C18H20N4O3S2. The first-order valence-electron chi connectivity index (χ1n) is 8.29. The highest BCUT2D eigenvalue weighted by molar-refractivity contribution is 7.71. The molecule has 0 spiro atoms. The van der Waals surface area contributed by atoms with E-state index in [4.69, 9.17) is 21.7 Å². The van der Waals surface area contributed by atoms with Gasteiger partial charge in [-0.2, -0.15) is 5.10 Å². The molecule has 1 aromatic carbocycles. The number of aromatic amines is 1. The zero-order valence-corrected chi connectivity index (χ0v) is 16.7. The van der Waals surface area contributed by atoms with E-state index >= 15 is 0 Å². The van der Waals surface area contributed by atoms with Crippen molar-refractivity contribution in [1.82, 2.24) is 20.1 Å². The van der Waals surface area contributed by atoms with Crippen molar-refractivity contribution in [2.45, 2.75) is 19.5 Å². The van der Waals surface area contributed by atoms with Crippen LogP contribution in [0.3, 0.4) is 0 Å². The van der Waals surface area contributed by atoms with Crippen LogP contribution in [-0.4, -0.2) is 34.9 Å². The lowest BCUT2D eigenvalue weighted by atomic mass is 10.2. The molecule has 0 radical (unpaired) electrons. The van der Waals surface area contributed by atoms with Crippen molar-refractivity contribution in [2.75, 3.05) is 14.2 Å². The van der Waals surface area contributed by atoms with Crippen molar-refractivity contribution in [2.24, 2.45) is 0 Å². The molecule has 2 aromatic heterocycles. The van der Waals surface area contributed by atoms with Crippen LogP contribution >= 0.6 is 23.6 Å². The number of amides is 1. The van der Waals surface area contributed by atoms with Gasteiger partial charge < -0.3 is 14.8 Å². The lowest BCUT2D eigenvalue weighted by Gasteiger charge is -2.11. The molecule has 0 saturated heterocycles. The molecule has 0 aliphatic heterocycles. The van der Waals surface area contributed by atoms with Gasteiger partial charge in [-0.05, 0) is 35.8 Å². The Hall–Kier alpha value is -2.65. The molecule has 0 atom stereocenters. The van der Waals surface area contributed by atoms with Crippen LogP contribution in [0.4, 0.5) is 0 Å². The molecule has 0 fully saturated rings. The molecule has 0 unspecified atom stereocenters. The molecule has 3 aromatic rings. The average molecular weight is 405 g/mol. The number of benzene rings is 1. The zero-order chi connectivity index (χ0) is 19.2. The second-order valence-electron chi connectivity index (χ2n) is 5.69. The third-order valence-corrected chi connectivity index (χ3v) is 5.21. The van der Waals surface area contributed by atoms with Crippen molar-refractivity contribution < 1.29 is 14.3 Å². The summed E-state index contributed by atoms with van der Waals surface area (Å²) in [6, 6.07) is 9.43. The van der Waals surface area contributed by atoms with Crippen LogP contribution in [0.15, 0.2) is 35.7 Å². The first-order chi connectivity index (χ1) is 13.1. The van der Waals surface area contributed by atoms with Crippen molar-refractivity contribution in [1.29, 1.82) is 0 Å². The predicted molar refractivity (Wildman–Crippen MR) is 107 cm³/mol. The quantitative estimate of drug-likeness (QED) is 0.563. The maximum Gasteiger partial charge on any atom is 0.222 e. The first kappa shape index (κ1) is 19.1. The number of carbonyl (C=O) groups is 1. The summed E-state index contributed by atoms with van der Waals surface area (Å²) in [6.07, 6.45) is 0.296. The molecule has 1 amide bonds. The second-order valence-corrected chi connectivity index (χ2v) is 7.02. The fourth-order valence-corrected chi connectivity index (χ4v) is 3.56. The Balaban J connectivity index is 1.60. The van der Waals surface area contributed by atoms with E-state index in [0.29, 0.717) is 35.8 Å². The number of hydrogen-bond donors (Lipinski definition) is 2. The minimum Gasteiger partial charge on any atom is -0.497 e. The minimum atomic E-state index is -0.0758. The third-order valence-electron chi connectivity index (χ3n) is 4.03. The number of ether oxygens (including phenoxy) is 2. The lowest BCUT2D eigenvalue weighted by molar-refractivity contribution is -0.121. The number of aromatic nitrogens is 3. The number of nitrogens with one attached hydrogen (secondary N) is 2. The van der Waals surface area contributed by atoms with Crippen LogP contribution in [-0.2, 0) is 17.9 Å². The normalized spacial score (nSPS) is 10.6. The van der Waals surface area contributed by atoms with Crippen LogP contribution in [0.5, 0.6) is 11.5 Å². The third kappa shape index (κ3) is 4.55. The van der Waals surface area contributed by atoms with Crippen molar-refractivity contribution in [3.05, 3.63) is 46.0 Å². The Morgan fingerprint density at radius 3 is 2.89 bits per heavy atom. The van der Waals surface area contributed by atoms with Gasteiger partial charge in [-0.1, -0.05) is 6.07 Å². The minimum absolute atomic E-state index is 0.0758. The predicted octanol–water partition coefficient (Wildman–Crippen LogP) is 3.39. The smallest absolute Gasteiger partial charge is 0.222 e. The number of rotatable bonds is 8. The Kier molecular flexibility index (Phi) is 6.25. The average Bonchev–Trinajstić information content (AvgIpc) is 3.34.